The monoisotopic (exact) mass is 475 g/mol. The van der Waals surface area contributed by atoms with Crippen LogP contribution in [0, 0.1) is 0 Å². The van der Waals surface area contributed by atoms with Crippen LogP contribution in [0.3, 0.4) is 0 Å². The van der Waals surface area contributed by atoms with Gasteiger partial charge in [-0.3, -0.25) is 4.79 Å². The molecule has 1 aliphatic rings. The average molecular weight is 476 g/mol. The minimum atomic E-state index is -3.25. The van der Waals surface area contributed by atoms with E-state index in [1.807, 2.05) is 48.5 Å². The van der Waals surface area contributed by atoms with Gasteiger partial charge in [0.1, 0.15) is 11.3 Å². The molecule has 1 aliphatic heterocycles. The molecule has 0 radical (unpaired) electrons. The molecule has 8 nitrogen and oxygen atoms in total. The maximum atomic E-state index is 13.1. The van der Waals surface area contributed by atoms with Gasteiger partial charge in [-0.05, 0) is 42.7 Å². The lowest BCUT2D eigenvalue weighted by Crippen LogP contribution is -2.46. The maximum Gasteiger partial charge on any atom is 0.272 e. The molecule has 34 heavy (non-hydrogen) atoms. The van der Waals surface area contributed by atoms with E-state index in [2.05, 4.69) is 25.7 Å². The van der Waals surface area contributed by atoms with Crippen LogP contribution >= 0.6 is 0 Å². The summed E-state index contributed by atoms with van der Waals surface area (Å²) in [6.45, 7) is 0.966. The molecule has 0 atom stereocenters. The van der Waals surface area contributed by atoms with Crippen molar-refractivity contribution in [1.82, 2.24) is 24.6 Å². The van der Waals surface area contributed by atoms with E-state index in [0.29, 0.717) is 37.3 Å². The van der Waals surface area contributed by atoms with Crippen molar-refractivity contribution in [3.63, 3.8) is 0 Å². The summed E-state index contributed by atoms with van der Waals surface area (Å²) in [6, 6.07) is 19.4. The zero-order chi connectivity index (χ0) is 23.7. The van der Waals surface area contributed by atoms with Crippen LogP contribution in [0.15, 0.2) is 66.9 Å². The van der Waals surface area contributed by atoms with Crippen LogP contribution in [0.5, 0.6) is 0 Å². The number of carbonyl (C=O) groups is 1. The molecule has 5 rings (SSSR count). The number of pyridine rings is 2. The summed E-state index contributed by atoms with van der Waals surface area (Å²) < 4.78 is 25.5. The third-order valence-electron chi connectivity index (χ3n) is 5.98. The van der Waals surface area contributed by atoms with Crippen molar-refractivity contribution in [2.24, 2.45) is 0 Å². The number of H-pyrrole nitrogens is 1. The fourth-order valence-corrected chi connectivity index (χ4v) is 5.15. The van der Waals surface area contributed by atoms with Crippen molar-refractivity contribution in [3.8, 4) is 22.5 Å². The Morgan fingerprint density at radius 3 is 2.53 bits per heavy atom. The Morgan fingerprint density at radius 1 is 1.03 bits per heavy atom. The molecule has 0 saturated carbocycles. The van der Waals surface area contributed by atoms with Gasteiger partial charge in [-0.2, -0.15) is 0 Å². The fraction of sp³-hybridized carbons (Fsp3) is 0.240. The second-order valence-corrected chi connectivity index (χ2v) is 10.4. The van der Waals surface area contributed by atoms with E-state index in [0.717, 1.165) is 34.1 Å². The highest BCUT2D eigenvalue weighted by Crippen LogP contribution is 2.26. The Bertz CT molecular complexity index is 1440. The second-order valence-electron chi connectivity index (χ2n) is 8.58. The van der Waals surface area contributed by atoms with E-state index in [1.165, 1.54) is 0 Å². The molecule has 2 N–H and O–H groups in total. The minimum Gasteiger partial charge on any atom is -0.339 e. The molecule has 174 valence electrons. The summed E-state index contributed by atoms with van der Waals surface area (Å²) >= 11 is 0. The molecule has 1 fully saturated rings. The van der Waals surface area contributed by atoms with Crippen LogP contribution < -0.4 is 4.72 Å². The van der Waals surface area contributed by atoms with E-state index in [1.54, 1.807) is 17.2 Å². The van der Waals surface area contributed by atoms with Crippen LogP contribution in [0.25, 0.3) is 33.5 Å². The highest BCUT2D eigenvalue weighted by Gasteiger charge is 2.26. The summed E-state index contributed by atoms with van der Waals surface area (Å²) in [5.74, 6) is -0.151. The molecule has 4 aromatic rings. The van der Waals surface area contributed by atoms with Gasteiger partial charge in [0.15, 0.2) is 0 Å². The summed E-state index contributed by atoms with van der Waals surface area (Å²) in [7, 11) is -3.25. The number of sulfonamides is 1. The molecule has 1 amide bonds. The molecule has 0 spiro atoms. The molecular weight excluding hydrogens is 450 g/mol. The van der Waals surface area contributed by atoms with Crippen molar-refractivity contribution in [2.45, 2.75) is 18.9 Å². The van der Waals surface area contributed by atoms with Crippen LogP contribution in [-0.2, 0) is 10.0 Å². The smallest absolute Gasteiger partial charge is 0.272 e. The van der Waals surface area contributed by atoms with Crippen LogP contribution in [-0.4, -0.2) is 59.6 Å². The van der Waals surface area contributed by atoms with Crippen molar-refractivity contribution >= 4 is 27.0 Å². The summed E-state index contributed by atoms with van der Waals surface area (Å²) in [6.07, 6.45) is 4.07. The number of rotatable bonds is 5. The number of aromatic amines is 1. The molecule has 0 unspecified atom stereocenters. The lowest BCUT2D eigenvalue weighted by Gasteiger charge is -2.31. The van der Waals surface area contributed by atoms with E-state index in [-0.39, 0.29) is 11.9 Å². The van der Waals surface area contributed by atoms with E-state index >= 15 is 0 Å². The first-order valence-electron chi connectivity index (χ1n) is 11.1. The SMILES string of the molecule is CS(=O)(=O)NC1CCN(C(=O)c2cccc(-c3cnc4[nH]c(-c5ccccc5)cc4c3)n2)CC1. The van der Waals surface area contributed by atoms with Crippen LogP contribution in [0.4, 0.5) is 0 Å². The Labute approximate surface area is 198 Å². The first-order chi connectivity index (χ1) is 16.4. The van der Waals surface area contributed by atoms with Crippen molar-refractivity contribution in [3.05, 3.63) is 72.6 Å². The Hall–Kier alpha value is -3.56. The quantitative estimate of drug-likeness (QED) is 0.460. The maximum absolute atomic E-state index is 13.1. The first-order valence-corrected chi connectivity index (χ1v) is 13.0. The Balaban J connectivity index is 1.34. The van der Waals surface area contributed by atoms with Gasteiger partial charge < -0.3 is 9.88 Å². The van der Waals surface area contributed by atoms with Gasteiger partial charge in [-0.15, -0.1) is 0 Å². The zero-order valence-corrected chi connectivity index (χ0v) is 19.5. The number of aromatic nitrogens is 3. The van der Waals surface area contributed by atoms with Gasteiger partial charge in [0.05, 0.1) is 11.9 Å². The zero-order valence-electron chi connectivity index (χ0n) is 18.7. The fourth-order valence-electron chi connectivity index (χ4n) is 4.31. The lowest BCUT2D eigenvalue weighted by molar-refractivity contribution is 0.0705. The molecule has 0 aliphatic carbocycles. The highest BCUT2D eigenvalue weighted by atomic mass is 32.2. The summed E-state index contributed by atoms with van der Waals surface area (Å²) in [4.78, 5) is 27.3. The van der Waals surface area contributed by atoms with Gasteiger partial charge in [0.25, 0.3) is 5.91 Å². The number of hydrogen-bond acceptors (Lipinski definition) is 5. The molecular formula is C25H25N5O3S. The standard InChI is InChI=1S/C25H25N5O3S/c1-34(32,33)29-20-10-12-30(13-11-20)25(31)22-9-5-8-21(27-22)19-14-18-15-23(28-24(18)26-16-19)17-6-3-2-4-7-17/h2-9,14-16,20,29H,10-13H2,1H3,(H,26,28). The molecule has 1 aromatic carbocycles. The Kier molecular flexibility index (Phi) is 5.89. The van der Waals surface area contributed by atoms with Crippen molar-refractivity contribution in [2.75, 3.05) is 19.3 Å². The predicted octanol–water partition coefficient (Wildman–Crippen LogP) is 3.45. The first kappa shape index (κ1) is 22.2. The predicted molar refractivity (Wildman–Crippen MR) is 132 cm³/mol. The summed E-state index contributed by atoms with van der Waals surface area (Å²) in [5, 5.41) is 0.968. The third-order valence-corrected chi connectivity index (χ3v) is 6.74. The molecule has 9 heteroatoms. The van der Waals surface area contributed by atoms with Crippen molar-refractivity contribution in [1.29, 1.82) is 0 Å². The Morgan fingerprint density at radius 2 is 1.79 bits per heavy atom. The molecule has 0 bridgehead atoms. The van der Waals surface area contributed by atoms with Gasteiger partial charge in [0, 0.05) is 42.0 Å². The number of benzene rings is 1. The van der Waals surface area contributed by atoms with E-state index in [9.17, 15) is 13.2 Å². The van der Waals surface area contributed by atoms with E-state index in [4.69, 9.17) is 0 Å². The third kappa shape index (κ3) is 4.85. The highest BCUT2D eigenvalue weighted by molar-refractivity contribution is 7.88. The normalized spacial score (nSPS) is 15.0. The number of carbonyl (C=O) groups excluding carboxylic acids is 1. The largest absolute Gasteiger partial charge is 0.339 e. The number of fused-ring (bicyclic) bond motifs is 1. The lowest BCUT2D eigenvalue weighted by atomic mass is 10.1. The minimum absolute atomic E-state index is 0.140. The number of likely N-dealkylation sites (tertiary alicyclic amines) is 1. The molecule has 3 aromatic heterocycles. The average Bonchev–Trinajstić information content (AvgIpc) is 3.27. The number of nitrogens with zero attached hydrogens (tertiary/aromatic N) is 3. The van der Waals surface area contributed by atoms with Gasteiger partial charge in [0.2, 0.25) is 10.0 Å². The number of piperidine rings is 1. The number of nitrogens with one attached hydrogen (secondary N) is 2. The number of amides is 1. The van der Waals surface area contributed by atoms with Gasteiger partial charge in [-0.1, -0.05) is 36.4 Å². The van der Waals surface area contributed by atoms with Gasteiger partial charge >= 0.3 is 0 Å². The van der Waals surface area contributed by atoms with Crippen molar-refractivity contribution < 1.29 is 13.2 Å². The second kappa shape index (κ2) is 9.00. The molecule has 1 saturated heterocycles. The van der Waals surface area contributed by atoms with Crippen LogP contribution in [0.1, 0.15) is 23.3 Å². The topological polar surface area (TPSA) is 108 Å². The molecule has 4 heterocycles. The van der Waals surface area contributed by atoms with E-state index < -0.39 is 10.0 Å². The summed E-state index contributed by atoms with van der Waals surface area (Å²) in [5.41, 5.74) is 4.74. The van der Waals surface area contributed by atoms with Crippen LogP contribution in [0.2, 0.25) is 0 Å². The van der Waals surface area contributed by atoms with Gasteiger partial charge in [-0.25, -0.2) is 23.1 Å². The number of hydrogen-bond donors (Lipinski definition) is 2.